The molecule has 0 radical (unpaired) electrons. The van der Waals surface area contributed by atoms with Gasteiger partial charge >= 0.3 is 0 Å². The molecule has 17 heavy (non-hydrogen) atoms. The Hall–Kier alpha value is -0.450. The summed E-state index contributed by atoms with van der Waals surface area (Å²) in [6.07, 6.45) is 0.109. The Labute approximate surface area is 109 Å². The Bertz CT molecular complexity index is 336. The van der Waals surface area contributed by atoms with Crippen LogP contribution in [0.5, 0.6) is 0 Å². The lowest BCUT2D eigenvalue weighted by molar-refractivity contribution is 0.0761. The van der Waals surface area contributed by atoms with Gasteiger partial charge in [-0.1, -0.05) is 20.8 Å². The molecule has 0 aliphatic rings. The third-order valence-electron chi connectivity index (χ3n) is 2.59. The third kappa shape index (κ3) is 4.05. The Morgan fingerprint density at radius 1 is 1.29 bits per heavy atom. The fraction of sp³-hybridized carbons (Fsp3) is 0.769. The summed E-state index contributed by atoms with van der Waals surface area (Å²) in [5, 5.41) is 4.47. The van der Waals surface area contributed by atoms with E-state index in [0.29, 0.717) is 5.92 Å². The SMILES string of the molecule is CCNCc1sc(C(C)OCC)nc1C(C)C. The summed E-state index contributed by atoms with van der Waals surface area (Å²) in [4.78, 5) is 6.09. The minimum Gasteiger partial charge on any atom is -0.372 e. The molecule has 0 amide bonds. The number of ether oxygens (including phenoxy) is 1. The molecular formula is C13H24N2OS. The number of hydrogen-bond acceptors (Lipinski definition) is 4. The van der Waals surface area contributed by atoms with Crippen molar-refractivity contribution in [3.8, 4) is 0 Å². The number of aromatic nitrogens is 1. The first kappa shape index (κ1) is 14.6. The van der Waals surface area contributed by atoms with Gasteiger partial charge in [-0.15, -0.1) is 11.3 Å². The Morgan fingerprint density at radius 3 is 2.53 bits per heavy atom. The summed E-state index contributed by atoms with van der Waals surface area (Å²) >= 11 is 1.78. The fourth-order valence-electron chi connectivity index (χ4n) is 1.69. The number of nitrogens with zero attached hydrogens (tertiary/aromatic N) is 1. The van der Waals surface area contributed by atoms with Gasteiger partial charge < -0.3 is 10.1 Å². The van der Waals surface area contributed by atoms with Crippen LogP contribution in [-0.4, -0.2) is 18.1 Å². The maximum absolute atomic E-state index is 5.61. The zero-order valence-electron chi connectivity index (χ0n) is 11.5. The van der Waals surface area contributed by atoms with Gasteiger partial charge in [0.2, 0.25) is 0 Å². The summed E-state index contributed by atoms with van der Waals surface area (Å²) in [5.74, 6) is 0.475. The van der Waals surface area contributed by atoms with E-state index in [1.165, 1.54) is 10.6 Å². The first-order valence-corrected chi connectivity index (χ1v) is 7.23. The standard InChI is InChI=1S/C13H24N2OS/c1-6-14-8-11-12(9(3)4)15-13(17-11)10(5)16-7-2/h9-10,14H,6-8H2,1-5H3. The second kappa shape index (κ2) is 7.09. The van der Waals surface area contributed by atoms with E-state index in [0.717, 1.165) is 24.7 Å². The molecule has 1 atom stereocenters. The lowest BCUT2D eigenvalue weighted by atomic mass is 10.1. The van der Waals surface area contributed by atoms with Crippen LogP contribution in [0.25, 0.3) is 0 Å². The molecule has 0 aliphatic carbocycles. The molecule has 0 fully saturated rings. The van der Waals surface area contributed by atoms with E-state index in [-0.39, 0.29) is 6.10 Å². The lowest BCUT2D eigenvalue weighted by Gasteiger charge is -2.07. The van der Waals surface area contributed by atoms with E-state index < -0.39 is 0 Å². The van der Waals surface area contributed by atoms with E-state index in [1.807, 2.05) is 6.92 Å². The van der Waals surface area contributed by atoms with Crippen molar-refractivity contribution in [1.82, 2.24) is 10.3 Å². The van der Waals surface area contributed by atoms with Crippen LogP contribution in [0.15, 0.2) is 0 Å². The quantitative estimate of drug-likeness (QED) is 0.811. The van der Waals surface area contributed by atoms with Crippen molar-refractivity contribution in [3.05, 3.63) is 15.6 Å². The van der Waals surface area contributed by atoms with Gasteiger partial charge in [0.25, 0.3) is 0 Å². The predicted octanol–water partition coefficient (Wildman–Crippen LogP) is 3.47. The van der Waals surface area contributed by atoms with Gasteiger partial charge in [-0.2, -0.15) is 0 Å². The highest BCUT2D eigenvalue weighted by Crippen LogP contribution is 2.29. The van der Waals surface area contributed by atoms with Crippen LogP contribution in [0.2, 0.25) is 0 Å². The van der Waals surface area contributed by atoms with E-state index in [9.17, 15) is 0 Å². The fourth-order valence-corrected chi connectivity index (χ4v) is 2.88. The molecule has 1 N–H and O–H groups in total. The van der Waals surface area contributed by atoms with Gasteiger partial charge in [0.05, 0.1) is 5.69 Å². The van der Waals surface area contributed by atoms with Crippen molar-refractivity contribution in [3.63, 3.8) is 0 Å². The van der Waals surface area contributed by atoms with Gasteiger partial charge in [-0.25, -0.2) is 4.98 Å². The second-order valence-corrected chi connectivity index (χ2v) is 5.51. The van der Waals surface area contributed by atoms with Crippen molar-refractivity contribution in [2.24, 2.45) is 0 Å². The van der Waals surface area contributed by atoms with E-state index in [4.69, 9.17) is 9.72 Å². The van der Waals surface area contributed by atoms with Crippen molar-refractivity contribution in [2.75, 3.05) is 13.2 Å². The molecule has 0 bridgehead atoms. The molecule has 3 nitrogen and oxygen atoms in total. The molecule has 1 heterocycles. The minimum absolute atomic E-state index is 0.109. The highest BCUT2D eigenvalue weighted by atomic mass is 32.1. The first-order valence-electron chi connectivity index (χ1n) is 6.41. The summed E-state index contributed by atoms with van der Waals surface area (Å²) in [7, 11) is 0. The van der Waals surface area contributed by atoms with Crippen molar-refractivity contribution < 1.29 is 4.74 Å². The van der Waals surface area contributed by atoms with Crippen LogP contribution < -0.4 is 5.32 Å². The van der Waals surface area contributed by atoms with Crippen LogP contribution in [0, 0.1) is 0 Å². The van der Waals surface area contributed by atoms with Crippen LogP contribution in [0.4, 0.5) is 0 Å². The molecule has 0 spiro atoms. The number of nitrogens with one attached hydrogen (secondary N) is 1. The first-order chi connectivity index (χ1) is 8.10. The van der Waals surface area contributed by atoms with Crippen molar-refractivity contribution >= 4 is 11.3 Å². The Balaban J connectivity index is 2.86. The second-order valence-electron chi connectivity index (χ2n) is 4.39. The molecular weight excluding hydrogens is 232 g/mol. The third-order valence-corrected chi connectivity index (χ3v) is 3.82. The predicted molar refractivity (Wildman–Crippen MR) is 73.6 cm³/mol. The zero-order valence-corrected chi connectivity index (χ0v) is 12.4. The average Bonchev–Trinajstić information content (AvgIpc) is 2.70. The number of thiazole rings is 1. The van der Waals surface area contributed by atoms with Crippen LogP contribution in [0.1, 0.15) is 62.2 Å². The molecule has 0 saturated carbocycles. The molecule has 1 aromatic rings. The number of hydrogen-bond donors (Lipinski definition) is 1. The van der Waals surface area contributed by atoms with Crippen LogP contribution >= 0.6 is 11.3 Å². The van der Waals surface area contributed by atoms with Crippen molar-refractivity contribution in [2.45, 2.75) is 53.2 Å². The van der Waals surface area contributed by atoms with Gasteiger partial charge in [0.1, 0.15) is 11.1 Å². The maximum atomic E-state index is 5.61. The molecule has 4 heteroatoms. The smallest absolute Gasteiger partial charge is 0.122 e. The molecule has 0 saturated heterocycles. The molecule has 98 valence electrons. The maximum Gasteiger partial charge on any atom is 0.122 e. The van der Waals surface area contributed by atoms with Crippen LogP contribution in [-0.2, 0) is 11.3 Å². The Kier molecular flexibility index (Phi) is 6.09. The number of rotatable bonds is 7. The summed E-state index contributed by atoms with van der Waals surface area (Å²) < 4.78 is 5.61. The topological polar surface area (TPSA) is 34.1 Å². The van der Waals surface area contributed by atoms with Gasteiger partial charge in [0, 0.05) is 18.0 Å². The van der Waals surface area contributed by atoms with Gasteiger partial charge in [0.15, 0.2) is 0 Å². The molecule has 1 rings (SSSR count). The Morgan fingerprint density at radius 2 is 2.00 bits per heavy atom. The highest BCUT2D eigenvalue weighted by molar-refractivity contribution is 7.11. The molecule has 1 unspecified atom stereocenters. The molecule has 0 aromatic carbocycles. The average molecular weight is 256 g/mol. The van der Waals surface area contributed by atoms with E-state index >= 15 is 0 Å². The van der Waals surface area contributed by atoms with Crippen molar-refractivity contribution in [1.29, 1.82) is 0 Å². The van der Waals surface area contributed by atoms with Gasteiger partial charge in [-0.05, 0) is 26.3 Å². The highest BCUT2D eigenvalue weighted by Gasteiger charge is 2.17. The zero-order chi connectivity index (χ0) is 12.8. The molecule has 0 aliphatic heterocycles. The summed E-state index contributed by atoms with van der Waals surface area (Å²) in [6, 6.07) is 0. The van der Waals surface area contributed by atoms with E-state index in [2.05, 4.69) is 33.0 Å². The minimum atomic E-state index is 0.109. The summed E-state index contributed by atoms with van der Waals surface area (Å²) in [5.41, 5.74) is 1.22. The largest absolute Gasteiger partial charge is 0.372 e. The monoisotopic (exact) mass is 256 g/mol. The van der Waals surface area contributed by atoms with Gasteiger partial charge in [-0.3, -0.25) is 0 Å². The normalized spacial score (nSPS) is 13.3. The van der Waals surface area contributed by atoms with Crippen LogP contribution in [0.3, 0.4) is 0 Å². The lowest BCUT2D eigenvalue weighted by Crippen LogP contribution is -2.12. The molecule has 1 aromatic heterocycles. The van der Waals surface area contributed by atoms with E-state index in [1.54, 1.807) is 11.3 Å². The summed E-state index contributed by atoms with van der Waals surface area (Å²) in [6.45, 7) is 13.3.